The van der Waals surface area contributed by atoms with E-state index in [0.29, 0.717) is 16.4 Å². The maximum absolute atomic E-state index is 12.5. The molecular formula is C12H14ClN2O4P. The quantitative estimate of drug-likeness (QED) is 0.761. The number of rotatable bonds is 6. The SMILES string of the molecule is CCOP(=O)(OCC)c1nc(-c2ccc(Cl)cc2)no1. The number of halogens is 1. The largest absolute Gasteiger partial charge is 0.418 e. The van der Waals surface area contributed by atoms with Crippen molar-refractivity contribution >= 4 is 24.8 Å². The predicted octanol–water partition coefficient (Wildman–Crippen LogP) is 3.28. The fourth-order valence-electron chi connectivity index (χ4n) is 1.53. The van der Waals surface area contributed by atoms with Gasteiger partial charge in [-0.2, -0.15) is 4.98 Å². The van der Waals surface area contributed by atoms with Gasteiger partial charge in [-0.15, -0.1) is 0 Å². The van der Waals surface area contributed by atoms with E-state index in [4.69, 9.17) is 25.2 Å². The van der Waals surface area contributed by atoms with Gasteiger partial charge in [0.05, 0.1) is 13.2 Å². The Morgan fingerprint density at radius 3 is 2.35 bits per heavy atom. The minimum atomic E-state index is -3.55. The first-order valence-corrected chi connectivity index (χ1v) is 8.00. The van der Waals surface area contributed by atoms with Crippen molar-refractivity contribution in [2.24, 2.45) is 0 Å². The van der Waals surface area contributed by atoms with Crippen molar-refractivity contribution in [3.05, 3.63) is 29.3 Å². The maximum Gasteiger partial charge on any atom is 0.418 e. The molecule has 2 aromatic rings. The second-order valence-electron chi connectivity index (χ2n) is 3.74. The van der Waals surface area contributed by atoms with E-state index in [1.165, 1.54) is 0 Å². The topological polar surface area (TPSA) is 74.5 Å². The lowest BCUT2D eigenvalue weighted by atomic mass is 10.2. The summed E-state index contributed by atoms with van der Waals surface area (Å²) in [5.74, 6) is 0.302. The summed E-state index contributed by atoms with van der Waals surface area (Å²) in [6, 6.07) is 6.89. The van der Waals surface area contributed by atoms with E-state index in [-0.39, 0.29) is 18.8 Å². The predicted molar refractivity (Wildman–Crippen MR) is 75.2 cm³/mol. The molecule has 1 aromatic heterocycles. The van der Waals surface area contributed by atoms with Gasteiger partial charge in [0.1, 0.15) is 0 Å². The summed E-state index contributed by atoms with van der Waals surface area (Å²) in [4.78, 5) is 4.09. The molecule has 2 rings (SSSR count). The second-order valence-corrected chi connectivity index (χ2v) is 6.07. The standard InChI is InChI=1S/C12H14ClN2O4P/c1-3-17-20(16,18-4-2)12-14-11(15-19-12)9-5-7-10(13)8-6-9/h5-8H,3-4H2,1-2H3. The third kappa shape index (κ3) is 3.27. The molecule has 0 amide bonds. The lowest BCUT2D eigenvalue weighted by molar-refractivity contribution is 0.222. The molecule has 0 saturated heterocycles. The van der Waals surface area contributed by atoms with Gasteiger partial charge in [-0.05, 0) is 38.1 Å². The lowest BCUT2D eigenvalue weighted by Gasteiger charge is -2.11. The van der Waals surface area contributed by atoms with Gasteiger partial charge in [0.25, 0.3) is 0 Å². The van der Waals surface area contributed by atoms with E-state index < -0.39 is 7.60 Å². The molecule has 0 aliphatic heterocycles. The van der Waals surface area contributed by atoms with Crippen LogP contribution < -0.4 is 5.63 Å². The van der Waals surface area contributed by atoms with Crippen molar-refractivity contribution < 1.29 is 18.1 Å². The van der Waals surface area contributed by atoms with E-state index in [1.54, 1.807) is 38.1 Å². The Morgan fingerprint density at radius 1 is 1.20 bits per heavy atom. The van der Waals surface area contributed by atoms with Crippen LogP contribution in [0.4, 0.5) is 0 Å². The van der Waals surface area contributed by atoms with Crippen LogP contribution >= 0.6 is 19.2 Å². The van der Waals surface area contributed by atoms with Gasteiger partial charge >= 0.3 is 13.2 Å². The molecule has 0 aliphatic carbocycles. The Hall–Kier alpha value is -1.20. The lowest BCUT2D eigenvalue weighted by Crippen LogP contribution is -2.11. The van der Waals surface area contributed by atoms with E-state index in [2.05, 4.69) is 10.1 Å². The summed E-state index contributed by atoms with van der Waals surface area (Å²) in [7, 11) is -3.55. The molecule has 1 aromatic carbocycles. The van der Waals surface area contributed by atoms with Crippen molar-refractivity contribution in [2.75, 3.05) is 13.2 Å². The Bertz CT molecular complexity index is 604. The van der Waals surface area contributed by atoms with Gasteiger partial charge in [-0.1, -0.05) is 16.8 Å². The van der Waals surface area contributed by atoms with Gasteiger partial charge < -0.3 is 13.6 Å². The van der Waals surface area contributed by atoms with Crippen LogP contribution in [-0.2, 0) is 13.6 Å². The first kappa shape index (κ1) is 15.2. The zero-order valence-corrected chi connectivity index (χ0v) is 12.7. The van der Waals surface area contributed by atoms with Crippen LogP contribution in [0.1, 0.15) is 13.8 Å². The van der Waals surface area contributed by atoms with Crippen molar-refractivity contribution in [1.29, 1.82) is 0 Å². The molecule has 108 valence electrons. The smallest absolute Gasteiger partial charge is 0.325 e. The molecule has 6 nitrogen and oxygen atoms in total. The molecule has 0 atom stereocenters. The number of hydrogen-bond acceptors (Lipinski definition) is 6. The number of hydrogen-bond donors (Lipinski definition) is 0. The van der Waals surface area contributed by atoms with Crippen LogP contribution in [0.3, 0.4) is 0 Å². The minimum absolute atomic E-state index is 0.147. The van der Waals surface area contributed by atoms with Crippen molar-refractivity contribution in [2.45, 2.75) is 13.8 Å². The van der Waals surface area contributed by atoms with Crippen LogP contribution in [0.25, 0.3) is 11.4 Å². The van der Waals surface area contributed by atoms with Gasteiger partial charge in [0.15, 0.2) is 0 Å². The van der Waals surface area contributed by atoms with Gasteiger partial charge in [-0.3, -0.25) is 0 Å². The molecular weight excluding hydrogens is 303 g/mol. The van der Waals surface area contributed by atoms with Crippen LogP contribution in [0.15, 0.2) is 28.8 Å². The van der Waals surface area contributed by atoms with Gasteiger partial charge in [0.2, 0.25) is 5.82 Å². The molecule has 1 heterocycles. The molecule has 0 aliphatic rings. The van der Waals surface area contributed by atoms with Gasteiger partial charge in [0, 0.05) is 10.6 Å². The second kappa shape index (κ2) is 6.50. The fraction of sp³-hybridized carbons (Fsp3) is 0.333. The molecule has 0 saturated carbocycles. The highest BCUT2D eigenvalue weighted by Gasteiger charge is 2.34. The van der Waals surface area contributed by atoms with Crippen molar-refractivity contribution in [3.63, 3.8) is 0 Å². The number of benzene rings is 1. The highest BCUT2D eigenvalue weighted by molar-refractivity contribution is 7.61. The Morgan fingerprint density at radius 2 is 1.80 bits per heavy atom. The van der Waals surface area contributed by atoms with Crippen LogP contribution in [-0.4, -0.2) is 23.4 Å². The van der Waals surface area contributed by atoms with Crippen LogP contribution in [0, 0.1) is 0 Å². The number of aromatic nitrogens is 2. The van der Waals surface area contributed by atoms with Gasteiger partial charge in [-0.25, -0.2) is 4.57 Å². The van der Waals surface area contributed by atoms with E-state index in [1.807, 2.05) is 0 Å². The first-order chi connectivity index (χ1) is 9.59. The minimum Gasteiger partial charge on any atom is -0.325 e. The average molecular weight is 317 g/mol. The zero-order chi connectivity index (χ0) is 14.6. The Labute approximate surface area is 121 Å². The fourth-order valence-corrected chi connectivity index (χ4v) is 2.99. The summed E-state index contributed by atoms with van der Waals surface area (Å²) < 4.78 is 27.7. The molecule has 0 N–H and O–H groups in total. The van der Waals surface area contributed by atoms with E-state index in [0.717, 1.165) is 0 Å². The highest BCUT2D eigenvalue weighted by Crippen LogP contribution is 2.46. The first-order valence-electron chi connectivity index (χ1n) is 6.08. The molecule has 0 spiro atoms. The summed E-state index contributed by atoms with van der Waals surface area (Å²) in [6.07, 6.45) is 0. The molecule has 0 bridgehead atoms. The van der Waals surface area contributed by atoms with Crippen molar-refractivity contribution in [1.82, 2.24) is 10.1 Å². The van der Waals surface area contributed by atoms with Crippen LogP contribution in [0.5, 0.6) is 0 Å². The summed E-state index contributed by atoms with van der Waals surface area (Å²) in [5.41, 5.74) is 0.551. The Kier molecular flexibility index (Phi) is 4.94. The monoisotopic (exact) mass is 316 g/mol. The summed E-state index contributed by atoms with van der Waals surface area (Å²) in [5, 5.41) is 4.39. The van der Waals surface area contributed by atoms with Crippen LogP contribution in [0.2, 0.25) is 5.02 Å². The summed E-state index contributed by atoms with van der Waals surface area (Å²) in [6.45, 7) is 3.86. The zero-order valence-electron chi connectivity index (χ0n) is 11.1. The van der Waals surface area contributed by atoms with E-state index >= 15 is 0 Å². The third-order valence-corrected chi connectivity index (χ3v) is 4.45. The summed E-state index contributed by atoms with van der Waals surface area (Å²) >= 11 is 5.81. The number of nitrogens with zero attached hydrogens (tertiary/aromatic N) is 2. The van der Waals surface area contributed by atoms with Crippen molar-refractivity contribution in [3.8, 4) is 11.4 Å². The molecule has 0 radical (unpaired) electrons. The normalized spacial score (nSPS) is 11.8. The molecule has 0 unspecified atom stereocenters. The molecule has 0 fully saturated rings. The average Bonchev–Trinajstić information content (AvgIpc) is 2.90. The molecule has 8 heteroatoms. The maximum atomic E-state index is 12.5. The van der Waals surface area contributed by atoms with E-state index in [9.17, 15) is 4.57 Å². The highest BCUT2D eigenvalue weighted by atomic mass is 35.5. The Balaban J connectivity index is 2.31. The molecule has 20 heavy (non-hydrogen) atoms. The third-order valence-electron chi connectivity index (χ3n) is 2.35.